The second-order valence-electron chi connectivity index (χ2n) is 5.28. The van der Waals surface area contributed by atoms with E-state index in [2.05, 4.69) is 5.32 Å². The summed E-state index contributed by atoms with van der Waals surface area (Å²) in [6.07, 6.45) is 0.364. The minimum atomic E-state index is -1.29. The molecule has 1 aromatic rings. The monoisotopic (exact) mass is 319 g/mol. The van der Waals surface area contributed by atoms with Gasteiger partial charge in [-0.25, -0.2) is 19.3 Å². The Bertz CT molecular complexity index is 633. The van der Waals surface area contributed by atoms with Crippen molar-refractivity contribution >= 4 is 24.4 Å². The quantitative estimate of drug-likeness (QED) is 0.811. The number of hydrogen-bond donors (Lipinski definition) is 2. The van der Waals surface area contributed by atoms with Gasteiger partial charge in [-0.05, 0) is 19.4 Å². The molecule has 1 aromatic carbocycles. The van der Waals surface area contributed by atoms with E-state index < -0.39 is 36.2 Å². The van der Waals surface area contributed by atoms with Crippen molar-refractivity contribution < 1.29 is 24.3 Å². The van der Waals surface area contributed by atoms with Gasteiger partial charge in [0.05, 0.1) is 12.1 Å². The lowest BCUT2D eigenvalue weighted by Crippen LogP contribution is -2.48. The Morgan fingerprint density at radius 2 is 1.83 bits per heavy atom. The molecule has 0 spiro atoms. The first-order chi connectivity index (χ1) is 10.9. The van der Waals surface area contributed by atoms with Crippen LogP contribution >= 0.6 is 0 Å². The zero-order valence-corrected chi connectivity index (χ0v) is 12.7. The number of rotatable bonds is 4. The van der Waals surface area contributed by atoms with E-state index in [1.807, 2.05) is 0 Å². The number of carboxylic acids is 1. The van der Waals surface area contributed by atoms with Gasteiger partial charge < -0.3 is 10.4 Å². The van der Waals surface area contributed by atoms with Crippen LogP contribution in [0.4, 0.5) is 9.59 Å². The molecule has 8 heteroatoms. The largest absolute Gasteiger partial charge is 0.479 e. The normalized spacial score (nSPS) is 21.9. The molecule has 0 bridgehead atoms. The molecule has 0 aliphatic carbocycles. The Morgan fingerprint density at radius 3 is 2.30 bits per heavy atom. The molecule has 5 amide bonds. The highest BCUT2D eigenvalue weighted by Crippen LogP contribution is 2.22. The minimum Gasteiger partial charge on any atom is -0.479 e. The molecule has 1 saturated heterocycles. The number of amides is 5. The summed E-state index contributed by atoms with van der Waals surface area (Å²) in [6.45, 7) is 3.25. The fourth-order valence-electron chi connectivity index (χ4n) is 2.46. The Balaban J connectivity index is 2.21. The van der Waals surface area contributed by atoms with Crippen LogP contribution in [0.3, 0.4) is 0 Å². The number of hydrogen-bond acceptors (Lipinski definition) is 4. The maximum absolute atomic E-state index is 12.3. The van der Waals surface area contributed by atoms with Crippen LogP contribution in [-0.4, -0.2) is 51.4 Å². The number of carboxylic acid groups (broad SMARTS) is 1. The molecule has 3 unspecified atom stereocenters. The third-order valence-electron chi connectivity index (χ3n) is 3.95. The van der Waals surface area contributed by atoms with E-state index in [9.17, 15) is 24.3 Å². The molecule has 1 aliphatic rings. The van der Waals surface area contributed by atoms with Gasteiger partial charge in [0.25, 0.3) is 0 Å². The molecule has 2 N–H and O–H groups in total. The minimum absolute atomic E-state index is 0.364. The Hall–Kier alpha value is -2.90. The van der Waals surface area contributed by atoms with Crippen molar-refractivity contribution in [1.82, 2.24) is 15.1 Å². The van der Waals surface area contributed by atoms with Gasteiger partial charge >= 0.3 is 18.0 Å². The molecule has 2 rings (SSSR count). The van der Waals surface area contributed by atoms with E-state index in [-0.39, 0.29) is 0 Å². The summed E-state index contributed by atoms with van der Waals surface area (Å²) in [6, 6.07) is 4.20. The van der Waals surface area contributed by atoms with Gasteiger partial charge in [0, 0.05) is 0 Å². The molecule has 8 nitrogen and oxygen atoms in total. The number of nitrogens with zero attached hydrogens (tertiary/aromatic N) is 2. The first kappa shape index (κ1) is 16.5. The summed E-state index contributed by atoms with van der Waals surface area (Å²) in [5.41, 5.74) is 0.382. The Labute approximate surface area is 132 Å². The van der Waals surface area contributed by atoms with Gasteiger partial charge in [0.2, 0.25) is 6.41 Å². The maximum Gasteiger partial charge on any atom is 0.335 e. The lowest BCUT2D eigenvalue weighted by Gasteiger charge is -2.22. The lowest BCUT2D eigenvalue weighted by molar-refractivity contribution is -0.139. The van der Waals surface area contributed by atoms with Crippen LogP contribution in [-0.2, 0) is 9.59 Å². The van der Waals surface area contributed by atoms with Crippen molar-refractivity contribution in [1.29, 1.82) is 0 Å². The van der Waals surface area contributed by atoms with Crippen molar-refractivity contribution in [3.05, 3.63) is 35.9 Å². The van der Waals surface area contributed by atoms with E-state index in [1.54, 1.807) is 44.2 Å². The number of imide groups is 2. The summed E-state index contributed by atoms with van der Waals surface area (Å²) >= 11 is 0. The van der Waals surface area contributed by atoms with Crippen LogP contribution in [0.2, 0.25) is 0 Å². The van der Waals surface area contributed by atoms with Crippen LogP contribution in [0, 0.1) is 0 Å². The molecule has 1 aliphatic heterocycles. The van der Waals surface area contributed by atoms with Crippen molar-refractivity contribution in [2.45, 2.75) is 32.0 Å². The summed E-state index contributed by atoms with van der Waals surface area (Å²) in [5, 5.41) is 11.6. The fourth-order valence-corrected chi connectivity index (χ4v) is 2.46. The average molecular weight is 319 g/mol. The molecular formula is C15H17N3O5. The number of aliphatic carboxylic acids is 1. The molecule has 1 heterocycles. The van der Waals surface area contributed by atoms with E-state index >= 15 is 0 Å². The smallest absolute Gasteiger partial charge is 0.335 e. The van der Waals surface area contributed by atoms with Gasteiger partial charge in [-0.2, -0.15) is 0 Å². The highest BCUT2D eigenvalue weighted by Gasteiger charge is 2.45. The second-order valence-corrected chi connectivity index (χ2v) is 5.28. The third-order valence-corrected chi connectivity index (χ3v) is 3.95. The Kier molecular flexibility index (Phi) is 4.63. The molecular weight excluding hydrogens is 302 g/mol. The summed E-state index contributed by atoms with van der Waals surface area (Å²) < 4.78 is 0. The number of carbonyl (C=O) groups excluding carboxylic acids is 3. The average Bonchev–Trinajstić information content (AvgIpc) is 2.74. The van der Waals surface area contributed by atoms with Crippen LogP contribution in [0.1, 0.15) is 25.5 Å². The van der Waals surface area contributed by atoms with Crippen molar-refractivity contribution in [3.8, 4) is 0 Å². The van der Waals surface area contributed by atoms with Crippen LogP contribution in [0.5, 0.6) is 0 Å². The zero-order chi connectivity index (χ0) is 17.1. The van der Waals surface area contributed by atoms with Gasteiger partial charge in [-0.3, -0.25) is 9.69 Å². The second kappa shape index (κ2) is 6.47. The van der Waals surface area contributed by atoms with Gasteiger partial charge in [-0.1, -0.05) is 30.3 Å². The van der Waals surface area contributed by atoms with E-state index in [0.29, 0.717) is 12.0 Å². The van der Waals surface area contributed by atoms with Gasteiger partial charge in [0.1, 0.15) is 0 Å². The van der Waals surface area contributed by atoms with Crippen molar-refractivity contribution in [2.75, 3.05) is 0 Å². The standard InChI is InChI=1S/C15H17N3O5/c1-9-10(2)18(15(23)17(9)8-19)14(22)16-12(13(20)21)11-6-4-3-5-7-11/h3-10,12H,1-2H3,(H,16,22)(H,20,21). The molecule has 23 heavy (non-hydrogen) atoms. The van der Waals surface area contributed by atoms with Gasteiger partial charge in [-0.15, -0.1) is 0 Å². The molecule has 3 atom stereocenters. The third kappa shape index (κ3) is 3.01. The molecule has 122 valence electrons. The highest BCUT2D eigenvalue weighted by molar-refractivity contribution is 6.01. The Morgan fingerprint density at radius 1 is 1.22 bits per heavy atom. The van der Waals surface area contributed by atoms with E-state index in [4.69, 9.17) is 0 Å². The van der Waals surface area contributed by atoms with Crippen molar-refractivity contribution in [3.63, 3.8) is 0 Å². The topological polar surface area (TPSA) is 107 Å². The SMILES string of the molecule is CC1C(C)N(C(=O)NC(C(=O)O)c2ccccc2)C(=O)N1C=O. The van der Waals surface area contributed by atoms with Gasteiger partial charge in [0.15, 0.2) is 6.04 Å². The van der Waals surface area contributed by atoms with Crippen molar-refractivity contribution in [2.24, 2.45) is 0 Å². The van der Waals surface area contributed by atoms with Crippen LogP contribution in [0.15, 0.2) is 30.3 Å². The zero-order valence-electron chi connectivity index (χ0n) is 12.7. The fraction of sp³-hybridized carbons (Fsp3) is 0.333. The molecule has 1 fully saturated rings. The molecule has 0 aromatic heterocycles. The summed E-state index contributed by atoms with van der Waals surface area (Å²) in [5.74, 6) is -1.25. The summed E-state index contributed by atoms with van der Waals surface area (Å²) in [4.78, 5) is 48.6. The van der Waals surface area contributed by atoms with Crippen LogP contribution < -0.4 is 5.32 Å². The predicted octanol–water partition coefficient (Wildman–Crippen LogP) is 1.19. The van der Waals surface area contributed by atoms with E-state index in [1.165, 1.54) is 0 Å². The molecule has 0 radical (unpaired) electrons. The number of urea groups is 2. The van der Waals surface area contributed by atoms with Crippen LogP contribution in [0.25, 0.3) is 0 Å². The predicted molar refractivity (Wildman–Crippen MR) is 79.4 cm³/mol. The molecule has 0 saturated carbocycles. The maximum atomic E-state index is 12.3. The van der Waals surface area contributed by atoms with E-state index in [0.717, 1.165) is 9.80 Å². The lowest BCUT2D eigenvalue weighted by atomic mass is 10.1. The first-order valence-corrected chi connectivity index (χ1v) is 7.03. The highest BCUT2D eigenvalue weighted by atomic mass is 16.4. The summed E-state index contributed by atoms with van der Waals surface area (Å²) in [7, 11) is 0. The number of benzene rings is 1. The number of nitrogens with one attached hydrogen (secondary N) is 1. The number of carbonyl (C=O) groups is 4. The first-order valence-electron chi connectivity index (χ1n) is 7.03.